The molecule has 8 aromatic carbocycles. The second-order valence-electron chi connectivity index (χ2n) is 13.3. The standard InChI is InChI=1S/C49H33NO/c1-3-14-34(15-4-1)35-16-13-19-39(32-35)50(40-30-31-44-43-22-9-12-25-47(43)51-48(44)33-40)38-28-26-37(27-29-38)49(36-17-5-2-6-18-36)45-23-10-7-20-41(45)42-21-8-11-24-46(42)49/h1-33H. The predicted octanol–water partition coefficient (Wildman–Crippen LogP) is 13.1. The zero-order chi connectivity index (χ0) is 33.8. The number of hydrogen-bond acceptors (Lipinski definition) is 2. The summed E-state index contributed by atoms with van der Waals surface area (Å²) in [5.41, 5.74) is 14.6. The minimum atomic E-state index is -0.446. The van der Waals surface area contributed by atoms with E-state index in [-0.39, 0.29) is 0 Å². The average molecular weight is 652 g/mol. The van der Waals surface area contributed by atoms with Gasteiger partial charge in [0.15, 0.2) is 0 Å². The molecule has 0 bridgehead atoms. The summed E-state index contributed by atoms with van der Waals surface area (Å²) < 4.78 is 6.40. The maximum Gasteiger partial charge on any atom is 0.137 e. The summed E-state index contributed by atoms with van der Waals surface area (Å²) in [5, 5.41) is 2.25. The van der Waals surface area contributed by atoms with Crippen molar-refractivity contribution < 1.29 is 4.42 Å². The molecule has 0 fully saturated rings. The molecule has 240 valence electrons. The molecular weight excluding hydrogens is 619 g/mol. The lowest BCUT2D eigenvalue weighted by Crippen LogP contribution is -2.28. The van der Waals surface area contributed by atoms with Gasteiger partial charge in [-0.05, 0) is 87.0 Å². The molecule has 51 heavy (non-hydrogen) atoms. The van der Waals surface area contributed by atoms with Crippen LogP contribution in [0.4, 0.5) is 17.1 Å². The molecule has 1 aliphatic carbocycles. The van der Waals surface area contributed by atoms with Crippen LogP contribution < -0.4 is 4.90 Å². The van der Waals surface area contributed by atoms with E-state index in [1.54, 1.807) is 0 Å². The van der Waals surface area contributed by atoms with Gasteiger partial charge in [-0.2, -0.15) is 0 Å². The largest absolute Gasteiger partial charge is 0.456 e. The van der Waals surface area contributed by atoms with Gasteiger partial charge in [0.2, 0.25) is 0 Å². The van der Waals surface area contributed by atoms with E-state index in [1.165, 1.54) is 44.5 Å². The fourth-order valence-electron chi connectivity index (χ4n) is 8.33. The van der Waals surface area contributed by atoms with E-state index in [0.29, 0.717) is 0 Å². The van der Waals surface area contributed by atoms with E-state index in [9.17, 15) is 0 Å². The Morgan fingerprint density at radius 3 is 1.65 bits per heavy atom. The van der Waals surface area contributed by atoms with Crippen LogP contribution in [0.25, 0.3) is 44.2 Å². The minimum absolute atomic E-state index is 0.446. The zero-order valence-corrected chi connectivity index (χ0v) is 27.9. The Morgan fingerprint density at radius 2 is 0.902 bits per heavy atom. The second kappa shape index (κ2) is 11.8. The molecule has 0 saturated carbocycles. The summed E-state index contributed by atoms with van der Waals surface area (Å²) in [7, 11) is 0. The molecule has 1 aromatic heterocycles. The van der Waals surface area contributed by atoms with Crippen molar-refractivity contribution in [2.45, 2.75) is 5.41 Å². The van der Waals surface area contributed by atoms with Gasteiger partial charge < -0.3 is 9.32 Å². The number of furan rings is 1. The van der Waals surface area contributed by atoms with Crippen LogP contribution in [-0.2, 0) is 5.41 Å². The normalized spacial score (nSPS) is 12.9. The summed E-state index contributed by atoms with van der Waals surface area (Å²) in [6.45, 7) is 0. The molecule has 0 N–H and O–H groups in total. The van der Waals surface area contributed by atoms with Gasteiger partial charge in [-0.3, -0.25) is 0 Å². The van der Waals surface area contributed by atoms with Crippen LogP contribution in [0.3, 0.4) is 0 Å². The van der Waals surface area contributed by atoms with Crippen molar-refractivity contribution in [3.05, 3.63) is 222 Å². The molecule has 1 aliphatic rings. The maximum absolute atomic E-state index is 6.40. The first-order valence-corrected chi connectivity index (χ1v) is 17.5. The Labute approximate surface area is 297 Å². The van der Waals surface area contributed by atoms with E-state index in [1.807, 2.05) is 12.1 Å². The van der Waals surface area contributed by atoms with E-state index < -0.39 is 5.41 Å². The Kier molecular flexibility index (Phi) is 6.75. The smallest absolute Gasteiger partial charge is 0.137 e. The van der Waals surface area contributed by atoms with Gasteiger partial charge in [-0.15, -0.1) is 0 Å². The Hall–Kier alpha value is -6.64. The molecule has 2 heteroatoms. The lowest BCUT2D eigenvalue weighted by molar-refractivity contribution is 0.669. The molecule has 2 nitrogen and oxygen atoms in total. The van der Waals surface area contributed by atoms with Gasteiger partial charge in [0.1, 0.15) is 11.2 Å². The fourth-order valence-corrected chi connectivity index (χ4v) is 8.33. The van der Waals surface area contributed by atoms with Crippen LogP contribution in [0.5, 0.6) is 0 Å². The number of hydrogen-bond donors (Lipinski definition) is 0. The highest BCUT2D eigenvalue weighted by atomic mass is 16.3. The Balaban J connectivity index is 1.17. The van der Waals surface area contributed by atoms with Crippen molar-refractivity contribution in [2.24, 2.45) is 0 Å². The number of fused-ring (bicyclic) bond motifs is 6. The van der Waals surface area contributed by atoms with Gasteiger partial charge >= 0.3 is 0 Å². The molecule has 10 rings (SSSR count). The van der Waals surface area contributed by atoms with Gasteiger partial charge in [-0.1, -0.05) is 152 Å². The molecule has 0 unspecified atom stereocenters. The van der Waals surface area contributed by atoms with E-state index in [2.05, 4.69) is 193 Å². The topological polar surface area (TPSA) is 16.4 Å². The third kappa shape index (κ3) is 4.57. The summed E-state index contributed by atoms with van der Waals surface area (Å²) in [6, 6.07) is 72.2. The molecular formula is C49H33NO. The van der Waals surface area contributed by atoms with Crippen LogP contribution in [0.1, 0.15) is 22.3 Å². The number of benzene rings is 8. The summed E-state index contributed by atoms with van der Waals surface area (Å²) in [5.74, 6) is 0. The molecule has 0 aliphatic heterocycles. The quantitative estimate of drug-likeness (QED) is 0.178. The number of rotatable bonds is 6. The van der Waals surface area contributed by atoms with Crippen molar-refractivity contribution >= 4 is 39.0 Å². The third-order valence-corrected chi connectivity index (χ3v) is 10.5. The van der Waals surface area contributed by atoms with E-state index in [4.69, 9.17) is 4.42 Å². The van der Waals surface area contributed by atoms with Crippen molar-refractivity contribution in [3.8, 4) is 22.3 Å². The van der Waals surface area contributed by atoms with Crippen molar-refractivity contribution in [2.75, 3.05) is 4.90 Å². The van der Waals surface area contributed by atoms with Crippen LogP contribution in [0.15, 0.2) is 205 Å². The molecule has 0 radical (unpaired) electrons. The zero-order valence-electron chi connectivity index (χ0n) is 27.9. The first-order chi connectivity index (χ1) is 25.3. The van der Waals surface area contributed by atoms with Crippen molar-refractivity contribution in [1.29, 1.82) is 0 Å². The van der Waals surface area contributed by atoms with E-state index in [0.717, 1.165) is 39.0 Å². The summed E-state index contributed by atoms with van der Waals surface area (Å²) in [6.07, 6.45) is 0. The Morgan fingerprint density at radius 1 is 0.353 bits per heavy atom. The molecule has 1 heterocycles. The van der Waals surface area contributed by atoms with Crippen LogP contribution in [-0.4, -0.2) is 0 Å². The Bertz CT molecular complexity index is 2640. The van der Waals surface area contributed by atoms with Crippen molar-refractivity contribution in [1.82, 2.24) is 0 Å². The fraction of sp³-hybridized carbons (Fsp3) is 0.0204. The van der Waals surface area contributed by atoms with Gasteiger partial charge in [0.25, 0.3) is 0 Å². The van der Waals surface area contributed by atoms with Crippen molar-refractivity contribution in [3.63, 3.8) is 0 Å². The first-order valence-electron chi connectivity index (χ1n) is 17.5. The predicted molar refractivity (Wildman–Crippen MR) is 211 cm³/mol. The SMILES string of the molecule is c1ccc(-c2cccc(N(c3ccc(C4(c5ccccc5)c5ccccc5-c5ccccc54)cc3)c3ccc4c(c3)oc3ccccc34)c2)cc1. The summed E-state index contributed by atoms with van der Waals surface area (Å²) in [4.78, 5) is 2.34. The highest BCUT2D eigenvalue weighted by Gasteiger charge is 2.45. The molecule has 0 spiro atoms. The molecule has 9 aromatic rings. The minimum Gasteiger partial charge on any atom is -0.456 e. The van der Waals surface area contributed by atoms with Crippen LogP contribution in [0.2, 0.25) is 0 Å². The van der Waals surface area contributed by atoms with Gasteiger partial charge in [0, 0.05) is 33.9 Å². The number of anilines is 3. The highest BCUT2D eigenvalue weighted by Crippen LogP contribution is 2.56. The van der Waals surface area contributed by atoms with Gasteiger partial charge in [-0.25, -0.2) is 0 Å². The monoisotopic (exact) mass is 651 g/mol. The number of para-hydroxylation sites is 1. The van der Waals surface area contributed by atoms with Gasteiger partial charge in [0.05, 0.1) is 5.41 Å². The maximum atomic E-state index is 6.40. The van der Waals surface area contributed by atoms with Crippen LogP contribution >= 0.6 is 0 Å². The lowest BCUT2D eigenvalue weighted by Gasteiger charge is -2.34. The second-order valence-corrected chi connectivity index (χ2v) is 13.3. The first kappa shape index (κ1) is 29.3. The highest BCUT2D eigenvalue weighted by molar-refractivity contribution is 6.06. The van der Waals surface area contributed by atoms with Crippen LogP contribution in [0, 0.1) is 0 Å². The lowest BCUT2D eigenvalue weighted by atomic mass is 9.68. The average Bonchev–Trinajstić information content (AvgIpc) is 3.73. The van der Waals surface area contributed by atoms with E-state index >= 15 is 0 Å². The molecule has 0 atom stereocenters. The number of nitrogens with zero attached hydrogens (tertiary/aromatic N) is 1. The third-order valence-electron chi connectivity index (χ3n) is 10.5. The molecule has 0 amide bonds. The molecule has 0 saturated heterocycles. The summed E-state index contributed by atoms with van der Waals surface area (Å²) >= 11 is 0.